The number of Topliss-reactive ketones (excluding diaryl/α,β-unsaturated/α-hetero) is 2. The summed E-state index contributed by atoms with van der Waals surface area (Å²) in [5.41, 5.74) is 1.19. The van der Waals surface area contributed by atoms with Crippen molar-refractivity contribution >= 4 is 22.9 Å². The van der Waals surface area contributed by atoms with Crippen LogP contribution in [0.4, 0.5) is 0 Å². The third-order valence-electron chi connectivity index (χ3n) is 3.41. The highest BCUT2D eigenvalue weighted by Crippen LogP contribution is 2.34. The number of rotatable bonds is 3. The van der Waals surface area contributed by atoms with Gasteiger partial charge in [-0.15, -0.1) is 11.3 Å². The SMILES string of the molecule is COc1ccccc1C(=O)C1Cc2sccc2C1=O. The second kappa shape index (κ2) is 4.63. The van der Waals surface area contributed by atoms with Crippen molar-refractivity contribution in [2.75, 3.05) is 7.11 Å². The number of hydrogen-bond acceptors (Lipinski definition) is 4. The lowest BCUT2D eigenvalue weighted by Gasteiger charge is -2.10. The number of benzene rings is 1. The Morgan fingerprint density at radius 3 is 2.84 bits per heavy atom. The predicted molar refractivity (Wildman–Crippen MR) is 73.2 cm³/mol. The Balaban J connectivity index is 1.94. The van der Waals surface area contributed by atoms with Crippen LogP contribution in [0.3, 0.4) is 0 Å². The first-order valence-corrected chi connectivity index (χ1v) is 6.88. The maximum Gasteiger partial charge on any atom is 0.177 e. The smallest absolute Gasteiger partial charge is 0.177 e. The Kier molecular flexibility index (Phi) is 2.95. The van der Waals surface area contributed by atoms with Crippen molar-refractivity contribution in [3.8, 4) is 5.75 Å². The average molecular weight is 272 g/mol. The molecular formula is C15H12O3S. The Bertz CT molecular complexity index is 657. The quantitative estimate of drug-likeness (QED) is 0.637. The van der Waals surface area contributed by atoms with Gasteiger partial charge in [0.2, 0.25) is 0 Å². The number of carbonyl (C=O) groups excluding carboxylic acids is 2. The van der Waals surface area contributed by atoms with E-state index in [0.29, 0.717) is 23.3 Å². The van der Waals surface area contributed by atoms with Crippen molar-refractivity contribution in [1.82, 2.24) is 0 Å². The van der Waals surface area contributed by atoms with Gasteiger partial charge in [0.05, 0.1) is 18.6 Å². The van der Waals surface area contributed by atoms with Gasteiger partial charge in [-0.2, -0.15) is 0 Å². The molecule has 96 valence electrons. The van der Waals surface area contributed by atoms with Crippen molar-refractivity contribution in [3.05, 3.63) is 51.7 Å². The monoisotopic (exact) mass is 272 g/mol. The zero-order chi connectivity index (χ0) is 13.4. The Hall–Kier alpha value is -1.94. The number of ketones is 2. The molecule has 0 aliphatic heterocycles. The minimum Gasteiger partial charge on any atom is -0.496 e. The molecule has 4 heteroatoms. The molecule has 2 aromatic rings. The Morgan fingerprint density at radius 2 is 2.11 bits per heavy atom. The van der Waals surface area contributed by atoms with Crippen LogP contribution >= 0.6 is 11.3 Å². The molecule has 0 bridgehead atoms. The molecule has 1 heterocycles. The highest BCUT2D eigenvalue weighted by molar-refractivity contribution is 7.10. The van der Waals surface area contributed by atoms with E-state index >= 15 is 0 Å². The molecule has 1 aromatic carbocycles. The van der Waals surface area contributed by atoms with Crippen LogP contribution in [0.15, 0.2) is 35.7 Å². The number of para-hydroxylation sites is 1. The second-order valence-corrected chi connectivity index (χ2v) is 5.44. The summed E-state index contributed by atoms with van der Waals surface area (Å²) in [5.74, 6) is -0.271. The molecule has 3 nitrogen and oxygen atoms in total. The third kappa shape index (κ3) is 1.88. The molecule has 3 rings (SSSR count). The minimum absolute atomic E-state index is 0.0628. The third-order valence-corrected chi connectivity index (χ3v) is 4.35. The van der Waals surface area contributed by atoms with E-state index < -0.39 is 5.92 Å². The van der Waals surface area contributed by atoms with Crippen LogP contribution in [-0.2, 0) is 6.42 Å². The lowest BCUT2D eigenvalue weighted by atomic mass is 9.94. The summed E-state index contributed by atoms with van der Waals surface area (Å²) >= 11 is 1.54. The second-order valence-electron chi connectivity index (χ2n) is 4.44. The first-order chi connectivity index (χ1) is 9.22. The maximum atomic E-state index is 12.5. The summed E-state index contributed by atoms with van der Waals surface area (Å²) in [5, 5.41) is 1.90. The summed E-state index contributed by atoms with van der Waals surface area (Å²) in [7, 11) is 1.53. The van der Waals surface area contributed by atoms with E-state index in [1.807, 2.05) is 11.4 Å². The molecule has 0 saturated carbocycles. The molecule has 0 N–H and O–H groups in total. The average Bonchev–Trinajstić information content (AvgIpc) is 3.01. The van der Waals surface area contributed by atoms with Gasteiger partial charge in [-0.25, -0.2) is 0 Å². The van der Waals surface area contributed by atoms with Gasteiger partial charge in [-0.3, -0.25) is 9.59 Å². The van der Waals surface area contributed by atoms with Crippen LogP contribution in [0.2, 0.25) is 0 Å². The van der Waals surface area contributed by atoms with E-state index in [9.17, 15) is 9.59 Å². The molecule has 0 fully saturated rings. The molecule has 1 aliphatic carbocycles. The number of carbonyl (C=O) groups is 2. The van der Waals surface area contributed by atoms with Crippen molar-refractivity contribution in [3.63, 3.8) is 0 Å². The fourth-order valence-corrected chi connectivity index (χ4v) is 3.36. The van der Waals surface area contributed by atoms with Crippen LogP contribution in [0, 0.1) is 5.92 Å². The van der Waals surface area contributed by atoms with Gasteiger partial charge in [-0.05, 0) is 30.0 Å². The van der Waals surface area contributed by atoms with Crippen molar-refractivity contribution < 1.29 is 14.3 Å². The van der Waals surface area contributed by atoms with Crippen LogP contribution in [-0.4, -0.2) is 18.7 Å². The number of methoxy groups -OCH3 is 1. The van der Waals surface area contributed by atoms with Crippen LogP contribution in [0.25, 0.3) is 0 Å². The highest BCUT2D eigenvalue weighted by atomic mass is 32.1. The van der Waals surface area contributed by atoms with E-state index in [4.69, 9.17) is 4.74 Å². The lowest BCUT2D eigenvalue weighted by Crippen LogP contribution is -2.21. The van der Waals surface area contributed by atoms with Gasteiger partial charge in [0.25, 0.3) is 0 Å². The standard InChI is InChI=1S/C15H12O3S/c1-18-12-5-3-2-4-9(12)14(16)11-8-13-10(15(11)17)6-7-19-13/h2-7,11H,8H2,1H3. The summed E-state index contributed by atoms with van der Waals surface area (Å²) in [6.07, 6.45) is 0.517. The maximum absolute atomic E-state index is 12.5. The summed E-state index contributed by atoms with van der Waals surface area (Å²) < 4.78 is 5.19. The van der Waals surface area contributed by atoms with E-state index in [1.165, 1.54) is 18.4 Å². The highest BCUT2D eigenvalue weighted by Gasteiger charge is 2.37. The van der Waals surface area contributed by atoms with E-state index in [2.05, 4.69) is 0 Å². The number of hydrogen-bond donors (Lipinski definition) is 0. The topological polar surface area (TPSA) is 43.4 Å². The van der Waals surface area contributed by atoms with Crippen LogP contribution < -0.4 is 4.74 Å². The van der Waals surface area contributed by atoms with Gasteiger partial charge in [0.15, 0.2) is 11.6 Å². The Morgan fingerprint density at radius 1 is 1.32 bits per heavy atom. The van der Waals surface area contributed by atoms with E-state index in [-0.39, 0.29) is 11.6 Å². The normalized spacial score (nSPS) is 17.3. The fourth-order valence-electron chi connectivity index (χ4n) is 2.43. The van der Waals surface area contributed by atoms with Gasteiger partial charge >= 0.3 is 0 Å². The molecule has 1 unspecified atom stereocenters. The molecule has 0 saturated heterocycles. The zero-order valence-corrected chi connectivity index (χ0v) is 11.2. The van der Waals surface area contributed by atoms with Gasteiger partial charge in [0, 0.05) is 10.4 Å². The minimum atomic E-state index is -0.584. The van der Waals surface area contributed by atoms with E-state index in [1.54, 1.807) is 24.3 Å². The first-order valence-electron chi connectivity index (χ1n) is 6.00. The fraction of sp³-hybridized carbons (Fsp3) is 0.200. The number of thiophene rings is 1. The molecule has 19 heavy (non-hydrogen) atoms. The van der Waals surface area contributed by atoms with Crippen molar-refractivity contribution in [1.29, 1.82) is 0 Å². The van der Waals surface area contributed by atoms with Gasteiger partial charge < -0.3 is 4.74 Å². The van der Waals surface area contributed by atoms with Gasteiger partial charge in [0.1, 0.15) is 5.75 Å². The lowest BCUT2D eigenvalue weighted by molar-refractivity contribution is 0.0820. The summed E-state index contributed by atoms with van der Waals surface area (Å²) in [6.45, 7) is 0. The summed E-state index contributed by atoms with van der Waals surface area (Å²) in [4.78, 5) is 25.7. The Labute approximate surface area is 114 Å². The zero-order valence-electron chi connectivity index (χ0n) is 10.4. The molecule has 1 aliphatic rings. The van der Waals surface area contributed by atoms with Crippen LogP contribution in [0.1, 0.15) is 25.6 Å². The first kappa shape index (κ1) is 12.1. The molecule has 0 amide bonds. The molecular weight excluding hydrogens is 260 g/mol. The summed E-state index contributed by atoms with van der Waals surface area (Å²) in [6, 6.07) is 8.84. The van der Waals surface area contributed by atoms with Crippen LogP contribution in [0.5, 0.6) is 5.75 Å². The molecule has 0 spiro atoms. The molecule has 1 aromatic heterocycles. The molecule has 0 radical (unpaired) electrons. The number of ether oxygens (including phenoxy) is 1. The van der Waals surface area contributed by atoms with Crippen molar-refractivity contribution in [2.24, 2.45) is 5.92 Å². The van der Waals surface area contributed by atoms with E-state index in [0.717, 1.165) is 4.88 Å². The van der Waals surface area contributed by atoms with Gasteiger partial charge in [-0.1, -0.05) is 12.1 Å². The van der Waals surface area contributed by atoms with Crippen molar-refractivity contribution in [2.45, 2.75) is 6.42 Å². The largest absolute Gasteiger partial charge is 0.496 e. The molecule has 1 atom stereocenters. The number of fused-ring (bicyclic) bond motifs is 1. The predicted octanol–water partition coefficient (Wildman–Crippen LogP) is 2.99.